The number of rotatable bonds is 5. The molecule has 0 saturated heterocycles. The molecule has 0 atom stereocenters. The van der Waals surface area contributed by atoms with E-state index in [0.717, 1.165) is 22.4 Å². The standard InChI is InChI=1S/C27H27NO3S/c29-18-19-32(30,31)26-14-10-21(11-15-26)23-12-16-27(22-6-2-1-3-7-22)24(20-23)9-13-25-8-4-5-17-28-25/h4-5,8,10-12,14-17,20,22,29H,1-3,6-7,18-19H2. The summed E-state index contributed by atoms with van der Waals surface area (Å²) in [5.41, 5.74) is 4.98. The minimum Gasteiger partial charge on any atom is -0.395 e. The molecule has 1 aliphatic rings. The van der Waals surface area contributed by atoms with Gasteiger partial charge in [-0.1, -0.05) is 55.5 Å². The van der Waals surface area contributed by atoms with Crippen LogP contribution in [-0.2, 0) is 9.84 Å². The van der Waals surface area contributed by atoms with Crippen molar-refractivity contribution in [2.24, 2.45) is 0 Å². The van der Waals surface area contributed by atoms with Crippen molar-refractivity contribution in [2.75, 3.05) is 12.4 Å². The zero-order valence-electron chi connectivity index (χ0n) is 18.0. The number of sulfone groups is 1. The van der Waals surface area contributed by atoms with Gasteiger partial charge in [-0.05, 0) is 71.7 Å². The van der Waals surface area contributed by atoms with E-state index in [4.69, 9.17) is 5.11 Å². The fraction of sp³-hybridized carbons (Fsp3) is 0.296. The Kier molecular flexibility index (Phi) is 7.04. The van der Waals surface area contributed by atoms with Crippen molar-refractivity contribution < 1.29 is 13.5 Å². The lowest BCUT2D eigenvalue weighted by molar-refractivity contribution is 0.319. The van der Waals surface area contributed by atoms with E-state index in [1.54, 1.807) is 18.3 Å². The Bertz CT molecular complexity index is 1220. The molecule has 5 heteroatoms. The maximum Gasteiger partial charge on any atom is 0.180 e. The molecule has 1 fully saturated rings. The van der Waals surface area contributed by atoms with E-state index in [9.17, 15) is 8.42 Å². The fourth-order valence-corrected chi connectivity index (χ4v) is 5.30. The smallest absolute Gasteiger partial charge is 0.180 e. The molecule has 0 spiro atoms. The van der Waals surface area contributed by atoms with Gasteiger partial charge in [0, 0.05) is 11.8 Å². The zero-order valence-corrected chi connectivity index (χ0v) is 18.8. The Balaban J connectivity index is 1.70. The molecule has 0 aliphatic heterocycles. The number of aromatic nitrogens is 1. The van der Waals surface area contributed by atoms with Crippen LogP contribution in [0.4, 0.5) is 0 Å². The molecular weight excluding hydrogens is 418 g/mol. The van der Waals surface area contributed by atoms with Crippen molar-refractivity contribution in [3.63, 3.8) is 0 Å². The fourth-order valence-electron chi connectivity index (χ4n) is 4.27. The molecule has 0 radical (unpaired) electrons. The van der Waals surface area contributed by atoms with E-state index in [-0.39, 0.29) is 17.3 Å². The molecule has 4 nitrogen and oxygen atoms in total. The lowest BCUT2D eigenvalue weighted by Crippen LogP contribution is -2.09. The van der Waals surface area contributed by atoms with E-state index in [0.29, 0.717) is 5.92 Å². The van der Waals surface area contributed by atoms with Gasteiger partial charge in [0.15, 0.2) is 9.84 Å². The van der Waals surface area contributed by atoms with E-state index in [1.165, 1.54) is 37.7 Å². The van der Waals surface area contributed by atoms with Gasteiger partial charge in [-0.25, -0.2) is 13.4 Å². The van der Waals surface area contributed by atoms with Gasteiger partial charge in [-0.3, -0.25) is 0 Å². The Morgan fingerprint density at radius 1 is 0.906 bits per heavy atom. The van der Waals surface area contributed by atoms with Crippen LogP contribution < -0.4 is 0 Å². The molecule has 1 heterocycles. The van der Waals surface area contributed by atoms with Gasteiger partial charge >= 0.3 is 0 Å². The van der Waals surface area contributed by atoms with Crippen molar-refractivity contribution in [1.82, 2.24) is 4.98 Å². The lowest BCUT2D eigenvalue weighted by Gasteiger charge is -2.23. The predicted molar refractivity (Wildman–Crippen MR) is 127 cm³/mol. The third-order valence-corrected chi connectivity index (χ3v) is 7.71. The van der Waals surface area contributed by atoms with E-state index in [2.05, 4.69) is 35.0 Å². The molecule has 1 saturated carbocycles. The summed E-state index contributed by atoms with van der Waals surface area (Å²) in [6, 6.07) is 19.0. The molecule has 1 aromatic heterocycles. The van der Waals surface area contributed by atoms with Crippen LogP contribution in [0.2, 0.25) is 0 Å². The molecule has 32 heavy (non-hydrogen) atoms. The van der Waals surface area contributed by atoms with Gasteiger partial charge in [0.1, 0.15) is 5.69 Å². The van der Waals surface area contributed by atoms with Gasteiger partial charge < -0.3 is 5.11 Å². The first-order valence-corrected chi connectivity index (χ1v) is 12.7. The summed E-state index contributed by atoms with van der Waals surface area (Å²) in [6.07, 6.45) is 7.93. The highest BCUT2D eigenvalue weighted by molar-refractivity contribution is 7.91. The molecule has 1 aliphatic carbocycles. The van der Waals surface area contributed by atoms with Gasteiger partial charge in [0.2, 0.25) is 0 Å². The summed E-state index contributed by atoms with van der Waals surface area (Å²) >= 11 is 0. The molecule has 0 amide bonds. The van der Waals surface area contributed by atoms with E-state index >= 15 is 0 Å². The molecule has 1 N–H and O–H groups in total. The highest BCUT2D eigenvalue weighted by Crippen LogP contribution is 2.36. The number of benzene rings is 2. The summed E-state index contributed by atoms with van der Waals surface area (Å²) in [5.74, 6) is 6.81. The lowest BCUT2D eigenvalue weighted by atomic mass is 9.81. The highest BCUT2D eigenvalue weighted by Gasteiger charge is 2.19. The number of aliphatic hydroxyl groups excluding tert-OH is 1. The topological polar surface area (TPSA) is 67.3 Å². The van der Waals surface area contributed by atoms with Gasteiger partial charge in [-0.15, -0.1) is 0 Å². The van der Waals surface area contributed by atoms with Crippen LogP contribution in [0.5, 0.6) is 0 Å². The van der Waals surface area contributed by atoms with Crippen molar-refractivity contribution in [2.45, 2.75) is 42.9 Å². The summed E-state index contributed by atoms with van der Waals surface area (Å²) in [4.78, 5) is 4.54. The number of pyridine rings is 1. The van der Waals surface area contributed by atoms with E-state index < -0.39 is 9.84 Å². The molecule has 3 aromatic rings. The average Bonchev–Trinajstić information content (AvgIpc) is 2.84. The maximum atomic E-state index is 12.2. The van der Waals surface area contributed by atoms with Crippen LogP contribution in [-0.4, -0.2) is 30.9 Å². The van der Waals surface area contributed by atoms with Gasteiger partial charge in [0.05, 0.1) is 17.3 Å². The van der Waals surface area contributed by atoms with Gasteiger partial charge in [-0.2, -0.15) is 0 Å². The SMILES string of the molecule is O=S(=O)(CCO)c1ccc(-c2ccc(C3CCCCC3)c(C#Cc3ccccn3)c2)cc1. The molecule has 4 rings (SSSR count). The quantitative estimate of drug-likeness (QED) is 0.564. The Labute approximate surface area is 190 Å². The number of nitrogens with zero attached hydrogens (tertiary/aromatic N) is 1. The third-order valence-electron chi connectivity index (χ3n) is 6.00. The normalized spacial score (nSPS) is 14.5. The van der Waals surface area contributed by atoms with Crippen molar-refractivity contribution in [3.05, 3.63) is 83.7 Å². The highest BCUT2D eigenvalue weighted by atomic mass is 32.2. The summed E-state index contributed by atoms with van der Waals surface area (Å²) in [6.45, 7) is -0.384. The van der Waals surface area contributed by atoms with Crippen LogP contribution in [0.25, 0.3) is 11.1 Å². The number of hydrogen-bond donors (Lipinski definition) is 1. The largest absolute Gasteiger partial charge is 0.395 e. The Hall–Kier alpha value is -2.94. The van der Waals surface area contributed by atoms with Crippen LogP contribution in [0.1, 0.15) is 54.8 Å². The molecule has 0 bridgehead atoms. The van der Waals surface area contributed by atoms with Crippen LogP contribution in [0.3, 0.4) is 0 Å². The van der Waals surface area contributed by atoms with Gasteiger partial charge in [0.25, 0.3) is 0 Å². The van der Waals surface area contributed by atoms with Crippen molar-refractivity contribution in [1.29, 1.82) is 0 Å². The van der Waals surface area contributed by atoms with Crippen molar-refractivity contribution in [3.8, 4) is 23.0 Å². The third kappa shape index (κ3) is 5.27. The summed E-state index contributed by atoms with van der Waals surface area (Å²) in [5, 5.41) is 9.00. The first-order valence-electron chi connectivity index (χ1n) is 11.1. The predicted octanol–water partition coefficient (Wildman–Crippen LogP) is 4.96. The minimum atomic E-state index is -3.46. The van der Waals surface area contributed by atoms with Crippen molar-refractivity contribution >= 4 is 9.84 Å². The van der Waals surface area contributed by atoms with E-state index in [1.807, 2.05) is 30.3 Å². The zero-order chi connectivity index (χ0) is 22.4. The first-order chi connectivity index (χ1) is 15.6. The monoisotopic (exact) mass is 445 g/mol. The Morgan fingerprint density at radius 2 is 1.66 bits per heavy atom. The number of hydrogen-bond acceptors (Lipinski definition) is 4. The van der Waals surface area contributed by atoms with Crippen LogP contribution in [0.15, 0.2) is 71.8 Å². The maximum absolute atomic E-state index is 12.2. The summed E-state index contributed by atoms with van der Waals surface area (Å²) < 4.78 is 24.4. The second kappa shape index (κ2) is 10.1. The molecule has 164 valence electrons. The minimum absolute atomic E-state index is 0.226. The number of aliphatic hydroxyl groups is 1. The molecular formula is C27H27NO3S. The van der Waals surface area contributed by atoms with Crippen LogP contribution >= 0.6 is 0 Å². The molecule has 0 unspecified atom stereocenters. The first kappa shape index (κ1) is 22.3. The second-order valence-electron chi connectivity index (χ2n) is 8.17. The van der Waals surface area contributed by atoms with Crippen LogP contribution in [0, 0.1) is 11.8 Å². The molecule has 2 aromatic carbocycles. The Morgan fingerprint density at radius 3 is 2.34 bits per heavy atom. The summed E-state index contributed by atoms with van der Waals surface area (Å²) in [7, 11) is -3.46. The second-order valence-corrected chi connectivity index (χ2v) is 10.3. The average molecular weight is 446 g/mol.